The van der Waals surface area contributed by atoms with E-state index in [9.17, 15) is 4.79 Å². The number of aromatic amines is 1. The molecule has 0 bridgehead atoms. The van der Waals surface area contributed by atoms with Crippen LogP contribution < -0.4 is 5.32 Å². The summed E-state index contributed by atoms with van der Waals surface area (Å²) in [7, 11) is 0. The summed E-state index contributed by atoms with van der Waals surface area (Å²) in [4.78, 5) is 21.3. The van der Waals surface area contributed by atoms with Crippen molar-refractivity contribution in [1.29, 1.82) is 0 Å². The number of aryl methyl sites for hydroxylation is 1. The van der Waals surface area contributed by atoms with Crippen LogP contribution in [-0.4, -0.2) is 26.1 Å². The van der Waals surface area contributed by atoms with Gasteiger partial charge in [0, 0.05) is 18.6 Å². The fourth-order valence-electron chi connectivity index (χ4n) is 3.10. The third-order valence-corrected chi connectivity index (χ3v) is 4.56. The van der Waals surface area contributed by atoms with Gasteiger partial charge in [0.1, 0.15) is 11.4 Å². The lowest BCUT2D eigenvalue weighted by Crippen LogP contribution is -2.30. The number of nitrogens with zero attached hydrogens (tertiary/aromatic N) is 3. The van der Waals surface area contributed by atoms with Crippen molar-refractivity contribution in [3.05, 3.63) is 102 Å². The van der Waals surface area contributed by atoms with E-state index in [1.807, 2.05) is 61.5 Å². The zero-order chi connectivity index (χ0) is 19.3. The van der Waals surface area contributed by atoms with Gasteiger partial charge in [0.05, 0.1) is 11.7 Å². The molecule has 1 amide bonds. The van der Waals surface area contributed by atoms with E-state index in [1.165, 1.54) is 0 Å². The van der Waals surface area contributed by atoms with Gasteiger partial charge >= 0.3 is 0 Å². The first-order valence-electron chi connectivity index (χ1n) is 8.95. The van der Waals surface area contributed by atoms with Gasteiger partial charge in [-0.15, -0.1) is 0 Å². The maximum Gasteiger partial charge on any atom is 0.270 e. The number of aromatic nitrogens is 4. The average molecular weight is 369 g/mol. The molecule has 0 saturated carbocycles. The van der Waals surface area contributed by atoms with Crippen LogP contribution in [0.4, 0.5) is 0 Å². The molecule has 0 aliphatic heterocycles. The Morgan fingerprint density at radius 1 is 0.964 bits per heavy atom. The Bertz CT molecular complexity index is 1080. The lowest BCUT2D eigenvalue weighted by Gasteiger charge is -2.21. The van der Waals surface area contributed by atoms with E-state index >= 15 is 0 Å². The second-order valence-corrected chi connectivity index (χ2v) is 6.43. The first-order valence-corrected chi connectivity index (χ1v) is 8.95. The van der Waals surface area contributed by atoms with Gasteiger partial charge in [0.25, 0.3) is 5.91 Å². The predicted octanol–water partition coefficient (Wildman–Crippen LogP) is 3.69. The number of hydrogen-bond donors (Lipinski definition) is 2. The zero-order valence-electron chi connectivity index (χ0n) is 15.3. The highest BCUT2D eigenvalue weighted by atomic mass is 16.2. The highest BCUT2D eigenvalue weighted by molar-refractivity contribution is 5.93. The number of benzene rings is 1. The number of carbonyl (C=O) groups excluding carboxylic acids is 1. The molecule has 4 rings (SSSR count). The number of H-pyrrole nitrogens is 1. The molecule has 6 nitrogen and oxygen atoms in total. The van der Waals surface area contributed by atoms with E-state index in [1.54, 1.807) is 24.7 Å². The molecule has 0 spiro atoms. The minimum Gasteiger partial charge on any atom is -0.340 e. The molecule has 3 heterocycles. The molecule has 138 valence electrons. The topological polar surface area (TPSA) is 83.6 Å². The van der Waals surface area contributed by atoms with Crippen LogP contribution in [-0.2, 0) is 0 Å². The van der Waals surface area contributed by atoms with Crippen molar-refractivity contribution in [2.75, 3.05) is 0 Å². The summed E-state index contributed by atoms with van der Waals surface area (Å²) in [5.41, 5.74) is 4.81. The van der Waals surface area contributed by atoms with E-state index in [0.717, 1.165) is 16.7 Å². The van der Waals surface area contributed by atoms with Crippen LogP contribution in [0.3, 0.4) is 0 Å². The van der Waals surface area contributed by atoms with Crippen LogP contribution in [0.25, 0.3) is 11.4 Å². The van der Waals surface area contributed by atoms with Gasteiger partial charge in [0.15, 0.2) is 0 Å². The SMILES string of the molecule is Cc1ccccc1C(NC(=O)c1cc(-c2ccccn2)n[nH]1)c1ccncc1. The molecule has 6 heteroatoms. The summed E-state index contributed by atoms with van der Waals surface area (Å²) in [5.74, 6) is -0.236. The summed E-state index contributed by atoms with van der Waals surface area (Å²) in [6.07, 6.45) is 5.14. The van der Waals surface area contributed by atoms with Crippen LogP contribution in [0.5, 0.6) is 0 Å². The lowest BCUT2D eigenvalue weighted by molar-refractivity contribution is 0.0938. The number of rotatable bonds is 5. The zero-order valence-corrected chi connectivity index (χ0v) is 15.3. The number of amides is 1. The largest absolute Gasteiger partial charge is 0.340 e. The maximum absolute atomic E-state index is 12.9. The standard InChI is InChI=1S/C22H19N5O/c1-15-6-2-3-7-17(15)21(16-9-12-23-13-10-16)25-22(28)20-14-19(26-27-20)18-8-4-5-11-24-18/h2-14,21H,1H3,(H,25,28)(H,26,27). The summed E-state index contributed by atoms with van der Waals surface area (Å²) in [6.45, 7) is 2.03. The minimum atomic E-state index is -0.293. The molecule has 3 aromatic heterocycles. The van der Waals surface area contributed by atoms with Gasteiger partial charge in [-0.1, -0.05) is 30.3 Å². The fourth-order valence-corrected chi connectivity index (χ4v) is 3.10. The van der Waals surface area contributed by atoms with Crippen LogP contribution in [0.1, 0.15) is 33.2 Å². The molecular weight excluding hydrogens is 350 g/mol. The number of carbonyl (C=O) groups is 1. The molecule has 0 aliphatic carbocycles. The highest BCUT2D eigenvalue weighted by Crippen LogP contribution is 2.25. The summed E-state index contributed by atoms with van der Waals surface area (Å²) >= 11 is 0. The summed E-state index contributed by atoms with van der Waals surface area (Å²) < 4.78 is 0. The Morgan fingerprint density at radius 3 is 2.50 bits per heavy atom. The van der Waals surface area contributed by atoms with Gasteiger partial charge in [-0.2, -0.15) is 5.10 Å². The van der Waals surface area contributed by atoms with Crippen LogP contribution in [0.15, 0.2) is 79.3 Å². The van der Waals surface area contributed by atoms with Crippen LogP contribution in [0, 0.1) is 6.92 Å². The Kier molecular flexibility index (Phi) is 4.93. The molecule has 4 aromatic rings. The van der Waals surface area contributed by atoms with Crippen molar-refractivity contribution in [1.82, 2.24) is 25.5 Å². The van der Waals surface area contributed by atoms with Crippen molar-refractivity contribution in [2.45, 2.75) is 13.0 Å². The van der Waals surface area contributed by atoms with E-state index in [-0.39, 0.29) is 11.9 Å². The van der Waals surface area contributed by atoms with E-state index in [4.69, 9.17) is 0 Å². The normalized spacial score (nSPS) is 11.8. The van der Waals surface area contributed by atoms with Crippen molar-refractivity contribution in [3.63, 3.8) is 0 Å². The van der Waals surface area contributed by atoms with Crippen LogP contribution in [0.2, 0.25) is 0 Å². The second-order valence-electron chi connectivity index (χ2n) is 6.43. The van der Waals surface area contributed by atoms with Gasteiger partial charge in [-0.05, 0) is 53.9 Å². The molecule has 1 aromatic carbocycles. The Hall–Kier alpha value is -3.80. The molecule has 28 heavy (non-hydrogen) atoms. The van der Waals surface area contributed by atoms with Crippen molar-refractivity contribution in [3.8, 4) is 11.4 Å². The van der Waals surface area contributed by atoms with E-state index in [0.29, 0.717) is 17.1 Å². The Morgan fingerprint density at radius 2 is 1.75 bits per heavy atom. The number of pyridine rings is 2. The maximum atomic E-state index is 12.9. The van der Waals surface area contributed by atoms with Gasteiger partial charge in [-0.3, -0.25) is 19.9 Å². The average Bonchev–Trinajstić information content (AvgIpc) is 3.24. The fraction of sp³-hybridized carbons (Fsp3) is 0.0909. The van der Waals surface area contributed by atoms with Gasteiger partial charge < -0.3 is 5.32 Å². The van der Waals surface area contributed by atoms with Gasteiger partial charge in [-0.25, -0.2) is 0 Å². The molecule has 0 fully saturated rings. The Balaban J connectivity index is 1.63. The smallest absolute Gasteiger partial charge is 0.270 e. The molecule has 0 radical (unpaired) electrons. The van der Waals surface area contributed by atoms with Crippen molar-refractivity contribution >= 4 is 5.91 Å². The molecular formula is C22H19N5O. The highest BCUT2D eigenvalue weighted by Gasteiger charge is 2.20. The minimum absolute atomic E-state index is 0.236. The Labute approximate surface area is 162 Å². The second kappa shape index (κ2) is 7.84. The van der Waals surface area contributed by atoms with Crippen LogP contribution >= 0.6 is 0 Å². The number of nitrogens with one attached hydrogen (secondary N) is 2. The monoisotopic (exact) mass is 369 g/mol. The first kappa shape index (κ1) is 17.6. The van der Waals surface area contributed by atoms with Gasteiger partial charge in [0.2, 0.25) is 0 Å². The third-order valence-electron chi connectivity index (χ3n) is 4.56. The first-order chi connectivity index (χ1) is 13.7. The predicted molar refractivity (Wildman–Crippen MR) is 107 cm³/mol. The number of hydrogen-bond acceptors (Lipinski definition) is 4. The van der Waals surface area contributed by atoms with E-state index in [2.05, 4.69) is 25.5 Å². The lowest BCUT2D eigenvalue weighted by atomic mass is 9.95. The van der Waals surface area contributed by atoms with Crippen molar-refractivity contribution in [2.24, 2.45) is 0 Å². The quantitative estimate of drug-likeness (QED) is 0.562. The third kappa shape index (κ3) is 3.66. The summed E-state index contributed by atoms with van der Waals surface area (Å²) in [5, 5.41) is 10.1. The van der Waals surface area contributed by atoms with Crippen molar-refractivity contribution < 1.29 is 4.79 Å². The molecule has 0 aliphatic rings. The molecule has 0 saturated heterocycles. The molecule has 1 unspecified atom stereocenters. The summed E-state index contributed by atoms with van der Waals surface area (Å²) in [6, 6.07) is 18.8. The molecule has 2 N–H and O–H groups in total. The molecule has 1 atom stereocenters. The van der Waals surface area contributed by atoms with E-state index < -0.39 is 0 Å².